The Kier molecular flexibility index (Phi) is 7.38. The zero-order valence-corrected chi connectivity index (χ0v) is 29.9. The molecule has 0 saturated heterocycles. The van der Waals surface area contributed by atoms with Crippen molar-refractivity contribution in [1.29, 1.82) is 0 Å². The van der Waals surface area contributed by atoms with Crippen molar-refractivity contribution in [2.75, 3.05) is 0 Å². The average molecular weight is 719 g/mol. The van der Waals surface area contributed by atoms with Crippen molar-refractivity contribution >= 4 is 44.1 Å². The van der Waals surface area contributed by atoms with Crippen molar-refractivity contribution in [1.82, 2.24) is 19.9 Å². The predicted octanol–water partition coefficient (Wildman–Crippen LogP) is 13.1. The molecule has 0 saturated carbocycles. The largest absolute Gasteiger partial charge is 0.452 e. The topological polar surface area (TPSA) is 77.8 Å². The van der Waals surface area contributed by atoms with Gasteiger partial charge in [0.05, 0.1) is 0 Å². The van der Waals surface area contributed by atoms with Gasteiger partial charge in [0, 0.05) is 33.0 Å². The SMILES string of the molecule is c1ccc(-c2nc(-c3ccc(-c4ccc(-c5ccc(-c6nc(-c7ccccc7)c7oc8ccccc8c7n6)cc5)cc4)cc3)c3oc4ccccc4c3n2)cc1. The van der Waals surface area contributed by atoms with Gasteiger partial charge in [-0.05, 0) is 46.5 Å². The maximum atomic E-state index is 6.35. The van der Waals surface area contributed by atoms with Gasteiger partial charge in [0.1, 0.15) is 33.6 Å². The number of nitrogens with zero attached hydrogens (tertiary/aromatic N) is 4. The van der Waals surface area contributed by atoms with Crippen molar-refractivity contribution in [2.24, 2.45) is 0 Å². The van der Waals surface area contributed by atoms with Gasteiger partial charge in [0.15, 0.2) is 22.8 Å². The molecule has 0 aliphatic heterocycles. The highest BCUT2D eigenvalue weighted by Gasteiger charge is 2.20. The summed E-state index contributed by atoms with van der Waals surface area (Å²) < 4.78 is 12.6. The Bertz CT molecular complexity index is 3210. The Labute approximate surface area is 321 Å². The highest BCUT2D eigenvalue weighted by atomic mass is 16.3. The Morgan fingerprint density at radius 3 is 1.04 bits per heavy atom. The van der Waals surface area contributed by atoms with Crippen LogP contribution in [0.4, 0.5) is 0 Å². The molecule has 56 heavy (non-hydrogen) atoms. The van der Waals surface area contributed by atoms with Crippen molar-refractivity contribution in [3.63, 3.8) is 0 Å². The van der Waals surface area contributed by atoms with E-state index in [9.17, 15) is 0 Å². The minimum absolute atomic E-state index is 0.660. The van der Waals surface area contributed by atoms with E-state index in [0.717, 1.165) is 88.9 Å². The van der Waals surface area contributed by atoms with Gasteiger partial charge in [-0.3, -0.25) is 0 Å². The predicted molar refractivity (Wildman–Crippen MR) is 225 cm³/mol. The zero-order chi connectivity index (χ0) is 37.0. The maximum Gasteiger partial charge on any atom is 0.180 e. The summed E-state index contributed by atoms with van der Waals surface area (Å²) >= 11 is 0. The van der Waals surface area contributed by atoms with Gasteiger partial charge in [-0.15, -0.1) is 0 Å². The molecule has 7 aromatic carbocycles. The molecule has 0 amide bonds. The number of rotatable bonds is 6. The first-order valence-corrected chi connectivity index (χ1v) is 18.5. The van der Waals surface area contributed by atoms with Gasteiger partial charge >= 0.3 is 0 Å². The molecule has 0 unspecified atom stereocenters. The molecule has 262 valence electrons. The molecule has 4 heterocycles. The van der Waals surface area contributed by atoms with Gasteiger partial charge in [-0.1, -0.05) is 158 Å². The van der Waals surface area contributed by atoms with Gasteiger partial charge < -0.3 is 8.83 Å². The van der Waals surface area contributed by atoms with Crippen LogP contribution in [-0.4, -0.2) is 19.9 Å². The van der Waals surface area contributed by atoms with E-state index < -0.39 is 0 Å². The lowest BCUT2D eigenvalue weighted by Gasteiger charge is -2.09. The maximum absolute atomic E-state index is 6.35. The molecule has 0 fully saturated rings. The second kappa shape index (κ2) is 13.0. The third-order valence-electron chi connectivity index (χ3n) is 10.4. The van der Waals surface area contributed by atoms with Crippen LogP contribution < -0.4 is 0 Å². The van der Waals surface area contributed by atoms with Crippen molar-refractivity contribution in [3.05, 3.63) is 182 Å². The number of fused-ring (bicyclic) bond motifs is 6. The molecule has 0 N–H and O–H groups in total. The van der Waals surface area contributed by atoms with Crippen LogP contribution in [0, 0.1) is 0 Å². The Balaban J connectivity index is 0.895. The van der Waals surface area contributed by atoms with Crippen LogP contribution in [0.1, 0.15) is 0 Å². The summed E-state index contributed by atoms with van der Waals surface area (Å²) in [6, 6.07) is 61.9. The lowest BCUT2D eigenvalue weighted by molar-refractivity contribution is 0.667. The van der Waals surface area contributed by atoms with Crippen LogP contribution in [0.5, 0.6) is 0 Å². The second-order valence-corrected chi connectivity index (χ2v) is 13.8. The number of para-hydroxylation sites is 2. The molecule has 0 aliphatic carbocycles. The Morgan fingerprint density at radius 2 is 0.589 bits per heavy atom. The zero-order valence-electron chi connectivity index (χ0n) is 29.9. The van der Waals surface area contributed by atoms with Crippen LogP contribution in [0.15, 0.2) is 191 Å². The normalized spacial score (nSPS) is 11.6. The molecule has 0 radical (unpaired) electrons. The summed E-state index contributed by atoms with van der Waals surface area (Å²) in [6.07, 6.45) is 0. The highest BCUT2D eigenvalue weighted by molar-refractivity contribution is 6.08. The molecule has 11 aromatic rings. The van der Waals surface area contributed by atoms with E-state index in [1.165, 1.54) is 0 Å². The van der Waals surface area contributed by atoms with Crippen LogP contribution in [-0.2, 0) is 0 Å². The average Bonchev–Trinajstić information content (AvgIpc) is 3.85. The highest BCUT2D eigenvalue weighted by Crippen LogP contribution is 2.38. The fourth-order valence-electron chi connectivity index (χ4n) is 7.50. The first-order valence-electron chi connectivity index (χ1n) is 18.5. The van der Waals surface area contributed by atoms with E-state index in [1.807, 2.05) is 97.1 Å². The minimum Gasteiger partial charge on any atom is -0.452 e. The molecule has 6 nitrogen and oxygen atoms in total. The van der Waals surface area contributed by atoms with E-state index in [0.29, 0.717) is 22.8 Å². The number of aromatic nitrogens is 4. The van der Waals surface area contributed by atoms with E-state index in [4.69, 9.17) is 28.8 Å². The molecule has 11 rings (SSSR count). The third kappa shape index (κ3) is 5.43. The van der Waals surface area contributed by atoms with E-state index >= 15 is 0 Å². The molecule has 0 atom stereocenters. The van der Waals surface area contributed by atoms with Crippen LogP contribution in [0.3, 0.4) is 0 Å². The number of benzene rings is 7. The monoisotopic (exact) mass is 718 g/mol. The molecule has 0 spiro atoms. The van der Waals surface area contributed by atoms with Gasteiger partial charge in [-0.2, -0.15) is 0 Å². The van der Waals surface area contributed by atoms with Crippen LogP contribution in [0.25, 0.3) is 112 Å². The first-order chi connectivity index (χ1) is 27.7. The van der Waals surface area contributed by atoms with Gasteiger partial charge in [-0.25, -0.2) is 19.9 Å². The van der Waals surface area contributed by atoms with Crippen LogP contribution >= 0.6 is 0 Å². The summed E-state index contributed by atoms with van der Waals surface area (Å²) in [5.74, 6) is 1.33. The molecular formula is C50H30N4O2. The Morgan fingerprint density at radius 1 is 0.268 bits per heavy atom. The van der Waals surface area contributed by atoms with Crippen molar-refractivity contribution in [3.8, 4) is 67.5 Å². The summed E-state index contributed by atoms with van der Waals surface area (Å²) in [4.78, 5) is 20.0. The number of hydrogen-bond acceptors (Lipinski definition) is 6. The molecular weight excluding hydrogens is 689 g/mol. The quantitative estimate of drug-likeness (QED) is 0.170. The van der Waals surface area contributed by atoms with Crippen molar-refractivity contribution < 1.29 is 8.83 Å². The van der Waals surface area contributed by atoms with Crippen LogP contribution in [0.2, 0.25) is 0 Å². The summed E-state index contributed by atoms with van der Waals surface area (Å²) in [6.45, 7) is 0. The summed E-state index contributed by atoms with van der Waals surface area (Å²) in [5, 5.41) is 1.95. The van der Waals surface area contributed by atoms with Crippen molar-refractivity contribution in [2.45, 2.75) is 0 Å². The molecule has 6 heteroatoms. The smallest absolute Gasteiger partial charge is 0.180 e. The Hall–Kier alpha value is -7.70. The first kappa shape index (κ1) is 31.8. The third-order valence-corrected chi connectivity index (χ3v) is 10.4. The molecule has 0 bridgehead atoms. The van der Waals surface area contributed by atoms with Gasteiger partial charge in [0.25, 0.3) is 0 Å². The fraction of sp³-hybridized carbons (Fsp3) is 0. The number of hydrogen-bond donors (Lipinski definition) is 0. The van der Waals surface area contributed by atoms with E-state index in [-0.39, 0.29) is 0 Å². The second-order valence-electron chi connectivity index (χ2n) is 13.8. The number of furan rings is 2. The summed E-state index contributed by atoms with van der Waals surface area (Å²) in [7, 11) is 0. The van der Waals surface area contributed by atoms with E-state index in [2.05, 4.69) is 84.9 Å². The van der Waals surface area contributed by atoms with E-state index in [1.54, 1.807) is 0 Å². The van der Waals surface area contributed by atoms with Gasteiger partial charge in [0.2, 0.25) is 0 Å². The molecule has 4 aromatic heterocycles. The summed E-state index contributed by atoms with van der Waals surface area (Å²) in [5.41, 5.74) is 14.5. The minimum atomic E-state index is 0.660. The lowest BCUT2D eigenvalue weighted by atomic mass is 9.98. The standard InChI is InChI=1S/C50H30N4O2/c1-3-11-35(12-4-1)43-47-45(39-15-7-9-17-41(39)55-47)54-50(51-43)38-29-25-34(26-30-38)32-21-19-31(20-22-32)33-23-27-36(28-24-33)44-48-46(40-16-8-10-18-42(40)56-48)53-49(52-44)37-13-5-2-6-14-37/h1-30H. The molecule has 0 aliphatic rings. The fourth-order valence-corrected chi connectivity index (χ4v) is 7.50. The lowest BCUT2D eigenvalue weighted by Crippen LogP contribution is -1.94.